The number of ketones is 1. The first-order chi connectivity index (χ1) is 15.4. The second kappa shape index (κ2) is 9.40. The lowest BCUT2D eigenvalue weighted by Gasteiger charge is -2.26. The summed E-state index contributed by atoms with van der Waals surface area (Å²) in [6.45, 7) is 0.423. The number of hydrogen-bond acceptors (Lipinski definition) is 5. The number of nitrogens with zero attached hydrogens (tertiary/aromatic N) is 1. The van der Waals surface area contributed by atoms with E-state index in [9.17, 15) is 18.0 Å². The Morgan fingerprint density at radius 2 is 1.62 bits per heavy atom. The summed E-state index contributed by atoms with van der Waals surface area (Å²) < 4.78 is 32.4. The van der Waals surface area contributed by atoms with Crippen molar-refractivity contribution in [3.05, 3.63) is 76.8 Å². The minimum atomic E-state index is -3.73. The van der Waals surface area contributed by atoms with Crippen LogP contribution >= 0.6 is 11.6 Å². The number of esters is 1. The highest BCUT2D eigenvalue weighted by molar-refractivity contribution is 7.89. The van der Waals surface area contributed by atoms with Crippen molar-refractivity contribution in [2.24, 2.45) is 0 Å². The number of hydrogen-bond donors (Lipinski definition) is 0. The van der Waals surface area contributed by atoms with E-state index in [4.69, 9.17) is 16.3 Å². The molecule has 0 bridgehead atoms. The van der Waals surface area contributed by atoms with Gasteiger partial charge < -0.3 is 4.74 Å². The molecule has 0 N–H and O–H groups in total. The summed E-state index contributed by atoms with van der Waals surface area (Å²) in [5.74, 6) is -1.21. The molecule has 6 nitrogen and oxygen atoms in total. The fraction of sp³-hybridized carbons (Fsp3) is 0.250. The van der Waals surface area contributed by atoms with Crippen LogP contribution in [-0.2, 0) is 14.8 Å². The maximum atomic E-state index is 12.9. The standard InChI is InChI=1S/C24H22ClNO5S/c25-22-11-10-20(32(29,30)26-12-4-1-5-13-26)15-21(22)24(28)31-16-23(27)19-9-8-17-6-2-3-7-18(17)14-19/h2-3,6-11,14-15H,1,4-5,12-13,16H2. The third kappa shape index (κ3) is 4.70. The summed E-state index contributed by atoms with van der Waals surface area (Å²) >= 11 is 6.13. The van der Waals surface area contributed by atoms with Crippen molar-refractivity contribution in [3.63, 3.8) is 0 Å². The molecule has 3 aromatic rings. The molecule has 166 valence electrons. The Balaban J connectivity index is 1.49. The normalized spacial score (nSPS) is 14.9. The molecule has 0 saturated carbocycles. The van der Waals surface area contributed by atoms with Crippen LogP contribution in [-0.4, -0.2) is 44.2 Å². The highest BCUT2D eigenvalue weighted by atomic mass is 35.5. The van der Waals surface area contributed by atoms with Gasteiger partial charge in [0.15, 0.2) is 12.4 Å². The largest absolute Gasteiger partial charge is 0.454 e. The average molecular weight is 472 g/mol. The van der Waals surface area contributed by atoms with Crippen LogP contribution in [0.5, 0.6) is 0 Å². The lowest BCUT2D eigenvalue weighted by atomic mass is 10.0. The summed E-state index contributed by atoms with van der Waals surface area (Å²) in [6.07, 6.45) is 2.60. The van der Waals surface area contributed by atoms with Crippen molar-refractivity contribution >= 4 is 44.1 Å². The Bertz CT molecular complexity index is 1280. The highest BCUT2D eigenvalue weighted by Crippen LogP contribution is 2.26. The maximum absolute atomic E-state index is 12.9. The molecule has 1 aliphatic heterocycles. The van der Waals surface area contributed by atoms with Crippen LogP contribution in [0.3, 0.4) is 0 Å². The molecular weight excluding hydrogens is 450 g/mol. The number of carbonyl (C=O) groups is 2. The van der Waals surface area contributed by atoms with Crippen molar-refractivity contribution in [2.75, 3.05) is 19.7 Å². The van der Waals surface area contributed by atoms with E-state index in [1.54, 1.807) is 12.1 Å². The van der Waals surface area contributed by atoms with E-state index in [0.29, 0.717) is 18.7 Å². The molecule has 4 rings (SSSR count). The van der Waals surface area contributed by atoms with Gasteiger partial charge in [-0.1, -0.05) is 54.4 Å². The van der Waals surface area contributed by atoms with Gasteiger partial charge in [0.25, 0.3) is 0 Å². The number of sulfonamides is 1. The molecule has 8 heteroatoms. The van der Waals surface area contributed by atoms with Gasteiger partial charge in [-0.25, -0.2) is 13.2 Å². The third-order valence-electron chi connectivity index (χ3n) is 5.52. The molecular formula is C24H22ClNO5S. The van der Waals surface area contributed by atoms with E-state index in [0.717, 1.165) is 30.0 Å². The monoisotopic (exact) mass is 471 g/mol. The van der Waals surface area contributed by atoms with Crippen LogP contribution in [0.2, 0.25) is 5.02 Å². The van der Waals surface area contributed by atoms with Crippen LogP contribution in [0, 0.1) is 0 Å². The predicted molar refractivity (Wildman–Crippen MR) is 123 cm³/mol. The van der Waals surface area contributed by atoms with Gasteiger partial charge in [-0.2, -0.15) is 4.31 Å². The van der Waals surface area contributed by atoms with E-state index >= 15 is 0 Å². The number of benzene rings is 3. The zero-order valence-electron chi connectivity index (χ0n) is 17.3. The van der Waals surface area contributed by atoms with Crippen molar-refractivity contribution in [2.45, 2.75) is 24.2 Å². The van der Waals surface area contributed by atoms with Crippen LogP contribution in [0.25, 0.3) is 10.8 Å². The molecule has 32 heavy (non-hydrogen) atoms. The number of fused-ring (bicyclic) bond motifs is 1. The van der Waals surface area contributed by atoms with E-state index in [1.807, 2.05) is 30.3 Å². The van der Waals surface area contributed by atoms with Gasteiger partial charge in [0.2, 0.25) is 10.0 Å². The molecule has 0 unspecified atom stereocenters. The molecule has 0 atom stereocenters. The molecule has 1 heterocycles. The Hall–Kier alpha value is -2.74. The van der Waals surface area contributed by atoms with Crippen molar-refractivity contribution in [3.8, 4) is 0 Å². The molecule has 3 aromatic carbocycles. The first-order valence-corrected chi connectivity index (χ1v) is 12.2. The lowest BCUT2D eigenvalue weighted by molar-refractivity contribution is 0.0474. The second-order valence-electron chi connectivity index (χ2n) is 7.67. The molecule has 0 radical (unpaired) electrons. The van der Waals surface area contributed by atoms with Crippen LogP contribution in [0.4, 0.5) is 0 Å². The number of rotatable bonds is 6. The smallest absolute Gasteiger partial charge is 0.340 e. The average Bonchev–Trinajstić information content (AvgIpc) is 2.82. The summed E-state index contributed by atoms with van der Waals surface area (Å²) in [7, 11) is -3.73. The molecule has 1 saturated heterocycles. The number of carbonyl (C=O) groups excluding carboxylic acids is 2. The van der Waals surface area contributed by atoms with Crippen molar-refractivity contribution in [1.29, 1.82) is 0 Å². The number of ether oxygens (including phenoxy) is 1. The van der Waals surface area contributed by atoms with E-state index in [2.05, 4.69) is 0 Å². The summed E-state index contributed by atoms with van der Waals surface area (Å²) in [4.78, 5) is 25.1. The SMILES string of the molecule is O=C(COC(=O)c1cc(S(=O)(=O)N2CCCCC2)ccc1Cl)c1ccc2ccccc2c1. The van der Waals surface area contributed by atoms with Crippen LogP contribution < -0.4 is 0 Å². The predicted octanol–water partition coefficient (Wildman–Crippen LogP) is 4.71. The van der Waals surface area contributed by atoms with Gasteiger partial charge in [0.1, 0.15) is 0 Å². The molecule has 0 aliphatic carbocycles. The minimum Gasteiger partial charge on any atom is -0.454 e. The first kappa shape index (κ1) is 22.5. The van der Waals surface area contributed by atoms with Gasteiger partial charge in [0.05, 0.1) is 15.5 Å². The second-order valence-corrected chi connectivity index (χ2v) is 10.0. The van der Waals surface area contributed by atoms with Gasteiger partial charge in [0, 0.05) is 18.7 Å². The van der Waals surface area contributed by atoms with E-state index in [1.165, 1.54) is 22.5 Å². The molecule has 0 spiro atoms. The summed E-state index contributed by atoms with van der Waals surface area (Å²) in [5.41, 5.74) is 0.333. The highest BCUT2D eigenvalue weighted by Gasteiger charge is 2.27. The molecule has 0 amide bonds. The summed E-state index contributed by atoms with van der Waals surface area (Å²) in [6, 6.07) is 16.8. The lowest BCUT2D eigenvalue weighted by Crippen LogP contribution is -2.35. The Kier molecular flexibility index (Phi) is 6.60. The Morgan fingerprint density at radius 3 is 2.38 bits per heavy atom. The van der Waals surface area contributed by atoms with E-state index < -0.39 is 22.6 Å². The first-order valence-electron chi connectivity index (χ1n) is 10.3. The zero-order valence-corrected chi connectivity index (χ0v) is 18.9. The Labute approximate surface area is 191 Å². The molecule has 1 aliphatic rings. The van der Waals surface area contributed by atoms with E-state index in [-0.39, 0.29) is 21.3 Å². The number of piperidine rings is 1. The number of halogens is 1. The fourth-order valence-corrected chi connectivity index (χ4v) is 5.47. The fourth-order valence-electron chi connectivity index (χ4n) is 3.73. The summed E-state index contributed by atoms with van der Waals surface area (Å²) in [5, 5.41) is 1.97. The Morgan fingerprint density at radius 1 is 0.906 bits per heavy atom. The molecule has 0 aromatic heterocycles. The van der Waals surface area contributed by atoms with Gasteiger partial charge in [-0.15, -0.1) is 0 Å². The van der Waals surface area contributed by atoms with Crippen molar-refractivity contribution < 1.29 is 22.7 Å². The number of Topliss-reactive ketones (excluding diaryl/α,β-unsaturated/α-hetero) is 1. The zero-order chi connectivity index (χ0) is 22.7. The third-order valence-corrected chi connectivity index (χ3v) is 7.74. The maximum Gasteiger partial charge on any atom is 0.340 e. The van der Waals surface area contributed by atoms with Gasteiger partial charge in [-0.3, -0.25) is 4.79 Å². The molecule has 1 fully saturated rings. The quantitative estimate of drug-likeness (QED) is 0.384. The van der Waals surface area contributed by atoms with Crippen molar-refractivity contribution in [1.82, 2.24) is 4.31 Å². The van der Waals surface area contributed by atoms with Gasteiger partial charge in [-0.05, 0) is 47.9 Å². The van der Waals surface area contributed by atoms with Crippen LogP contribution in [0.1, 0.15) is 40.0 Å². The topological polar surface area (TPSA) is 80.8 Å². The minimum absolute atomic E-state index is 0.0170. The van der Waals surface area contributed by atoms with Gasteiger partial charge >= 0.3 is 5.97 Å². The van der Waals surface area contributed by atoms with Crippen LogP contribution in [0.15, 0.2) is 65.6 Å².